The Balaban J connectivity index is 1.19. The van der Waals surface area contributed by atoms with Gasteiger partial charge < -0.3 is 59.0 Å². The fraction of sp³-hybridized carbons (Fsp3) is 0.705. The molecule has 2 bridgehead atoms. The van der Waals surface area contributed by atoms with Crippen molar-refractivity contribution in [1.82, 2.24) is 25.1 Å². The number of allylic oxidation sites excluding steroid dienone is 6. The highest BCUT2D eigenvalue weighted by atomic mass is 16.6. The second-order valence-corrected chi connectivity index (χ2v) is 23.8. The van der Waals surface area contributed by atoms with Gasteiger partial charge in [0, 0.05) is 102 Å². The molecule has 15 atom stereocenters. The lowest BCUT2D eigenvalue weighted by Crippen LogP contribution is -2.61. The average molecular weight is 1130 g/mol. The highest BCUT2D eigenvalue weighted by Gasteiger charge is 2.53. The van der Waals surface area contributed by atoms with Crippen molar-refractivity contribution in [2.45, 2.75) is 187 Å². The molecule has 0 spiro atoms. The number of nitrogens with zero attached hydrogens (tertiary/aromatic N) is 5. The van der Waals surface area contributed by atoms with E-state index < -0.39 is 108 Å². The minimum absolute atomic E-state index is 0.00857. The molecule has 6 rings (SSSR count). The van der Waals surface area contributed by atoms with Crippen molar-refractivity contribution in [3.05, 3.63) is 65.6 Å². The number of aromatic nitrogens is 2. The number of ether oxygens (including phenoxy) is 5. The number of esters is 1. The topological polar surface area (TPSA) is 257 Å². The summed E-state index contributed by atoms with van der Waals surface area (Å²) in [6, 6.07) is -1.20. The fourth-order valence-corrected chi connectivity index (χ4v) is 12.0. The number of piperazine rings is 1. The molecule has 450 valence electrons. The molecule has 4 fully saturated rings. The number of rotatable bonds is 9. The van der Waals surface area contributed by atoms with Gasteiger partial charge in [-0.15, -0.1) is 0 Å². The summed E-state index contributed by atoms with van der Waals surface area (Å²) in [5, 5.41) is 37.3. The van der Waals surface area contributed by atoms with E-state index in [4.69, 9.17) is 23.7 Å². The van der Waals surface area contributed by atoms with Crippen LogP contribution in [-0.2, 0) is 54.2 Å². The lowest BCUT2D eigenvalue weighted by molar-refractivity contribution is -0.265. The Hall–Kier alpha value is -5.22. The van der Waals surface area contributed by atoms with Gasteiger partial charge in [-0.2, -0.15) is 0 Å². The third kappa shape index (κ3) is 17.7. The Kier molecular flexibility index (Phi) is 24.3. The van der Waals surface area contributed by atoms with Crippen LogP contribution >= 0.6 is 0 Å². The summed E-state index contributed by atoms with van der Waals surface area (Å²) in [6.07, 6.45) is 11.8. The van der Waals surface area contributed by atoms with Gasteiger partial charge in [0.2, 0.25) is 11.7 Å². The number of cyclic esters (lactones) is 1. The van der Waals surface area contributed by atoms with Crippen molar-refractivity contribution in [1.29, 1.82) is 0 Å². The smallest absolute Gasteiger partial charge is 0.407 e. The fourth-order valence-electron chi connectivity index (χ4n) is 12.0. The number of hydrogen-bond acceptors (Lipinski definition) is 18. The number of carbonyl (C=O) groups is 6. The van der Waals surface area contributed by atoms with Crippen LogP contribution in [0.5, 0.6) is 0 Å². The predicted octanol–water partition coefficient (Wildman–Crippen LogP) is 6.00. The molecule has 1 aromatic rings. The van der Waals surface area contributed by atoms with Crippen LogP contribution in [0.25, 0.3) is 0 Å². The van der Waals surface area contributed by atoms with Gasteiger partial charge in [0.25, 0.3) is 11.7 Å². The van der Waals surface area contributed by atoms with Crippen LogP contribution in [0, 0.1) is 35.5 Å². The number of hydrogen-bond donors (Lipinski definition) is 4. The maximum atomic E-state index is 14.6. The van der Waals surface area contributed by atoms with Crippen molar-refractivity contribution in [2.75, 3.05) is 58.9 Å². The first kappa shape index (κ1) is 64.9. The van der Waals surface area contributed by atoms with Crippen LogP contribution in [0.4, 0.5) is 10.7 Å². The maximum Gasteiger partial charge on any atom is 0.407 e. The number of piperidine rings is 1. The summed E-state index contributed by atoms with van der Waals surface area (Å²) in [4.78, 5) is 98.9. The Labute approximate surface area is 479 Å². The monoisotopic (exact) mass is 1130 g/mol. The Morgan fingerprint density at radius 1 is 0.840 bits per heavy atom. The largest absolute Gasteiger partial charge is 0.460 e. The van der Waals surface area contributed by atoms with Crippen molar-refractivity contribution >= 4 is 41.3 Å². The second kappa shape index (κ2) is 30.4. The zero-order chi connectivity index (χ0) is 59.1. The Bertz CT molecular complexity index is 2420. The number of carbonyl (C=O) groups excluding carboxylic acids is 6. The number of Topliss-reactive ketones (excluding diaryl/α,β-unsaturated/α-hetero) is 3. The lowest BCUT2D eigenvalue weighted by Gasteiger charge is -2.42. The average Bonchev–Trinajstić information content (AvgIpc) is 3.53. The molecular formula is C61H92N6O14. The summed E-state index contributed by atoms with van der Waals surface area (Å²) in [6.45, 7) is 16.0. The first-order chi connectivity index (χ1) is 38.5. The van der Waals surface area contributed by atoms with Gasteiger partial charge in [0.05, 0.1) is 18.3 Å². The zero-order valence-corrected chi connectivity index (χ0v) is 49.5. The highest BCUT2D eigenvalue weighted by molar-refractivity contribution is 6.39. The first-order valence-corrected chi connectivity index (χ1v) is 29.4. The number of fused-ring (bicyclic) bond motifs is 3. The molecule has 5 aliphatic rings. The van der Waals surface area contributed by atoms with Crippen molar-refractivity contribution in [3.8, 4) is 0 Å². The molecule has 20 nitrogen and oxygen atoms in total. The molecule has 1 aliphatic carbocycles. The van der Waals surface area contributed by atoms with Crippen LogP contribution in [0.15, 0.2) is 60.0 Å². The van der Waals surface area contributed by atoms with Crippen LogP contribution in [0.1, 0.15) is 131 Å². The standard InChI is InChI=1S/C61H92N6O14/c1-37-16-12-11-13-17-38(2)50(77-9)32-46-21-19-43(7)61(76,81-46)56(72)57(73)67-23-15-14-18-47(67)58(74)79-51(33-48(68)39(3)29-42(6)54(70)55(71)53(69)41(5)28-37)40(4)30-44-20-22-49(52(31-44)78-10)80-60(75)64-36-45-34-62-59(63-35-45)66-26-24-65(8)25-27-66/h11-13,16-17,29,34-35,37,39-41,43-44,46-47,49-52,54-55,70-71,76H,14-15,18-28,30-33,36H2,1-10H3,(H,64,75)/b13-11?,16-12+,38-17?,42-29+/t37-,39-,40-,41?,43-,44+,46+,47+,49-,50+,51+,52-,54-,55+,61-/m1/s1. The van der Waals surface area contributed by atoms with Crippen molar-refractivity contribution < 1.29 is 67.8 Å². The van der Waals surface area contributed by atoms with Gasteiger partial charge in [-0.05, 0) is 114 Å². The van der Waals surface area contributed by atoms with E-state index in [9.17, 15) is 44.1 Å². The highest BCUT2D eigenvalue weighted by Crippen LogP contribution is 2.38. The van der Waals surface area contributed by atoms with Crippen LogP contribution in [0.3, 0.4) is 0 Å². The molecule has 1 saturated carbocycles. The number of aliphatic hydroxyl groups excluding tert-OH is 2. The summed E-state index contributed by atoms with van der Waals surface area (Å²) in [5.41, 5.74) is 1.80. The minimum atomic E-state index is -2.47. The van der Waals surface area contributed by atoms with Crippen LogP contribution in [0.2, 0.25) is 0 Å². The first-order valence-electron chi connectivity index (χ1n) is 29.4. The maximum absolute atomic E-state index is 14.6. The van der Waals surface area contributed by atoms with E-state index in [1.807, 2.05) is 51.2 Å². The van der Waals surface area contributed by atoms with Crippen molar-refractivity contribution in [3.63, 3.8) is 0 Å². The van der Waals surface area contributed by atoms with Gasteiger partial charge in [0.15, 0.2) is 5.78 Å². The predicted molar refractivity (Wildman–Crippen MR) is 303 cm³/mol. The summed E-state index contributed by atoms with van der Waals surface area (Å²) >= 11 is 0. The number of nitrogens with one attached hydrogen (secondary N) is 1. The van der Waals surface area contributed by atoms with E-state index in [1.165, 1.54) is 11.0 Å². The molecule has 20 heteroatoms. The third-order valence-electron chi connectivity index (χ3n) is 17.4. The summed E-state index contributed by atoms with van der Waals surface area (Å²) in [5.74, 6) is -8.41. The molecule has 2 amide bonds. The van der Waals surface area contributed by atoms with Gasteiger partial charge in [0.1, 0.15) is 36.2 Å². The van der Waals surface area contributed by atoms with Crippen LogP contribution < -0.4 is 10.2 Å². The minimum Gasteiger partial charge on any atom is -0.460 e. The number of anilines is 1. The molecule has 0 aromatic carbocycles. The number of ketones is 3. The number of amides is 2. The second-order valence-electron chi connectivity index (χ2n) is 23.8. The number of aliphatic hydroxyl groups is 3. The van der Waals surface area contributed by atoms with Gasteiger partial charge in [-0.3, -0.25) is 19.2 Å². The molecule has 5 heterocycles. The SMILES string of the molecule is CO[C@H]1C[C@@H]2CC[C@@H](C)[C@@](O)(O2)C(=O)C(=O)N2CCCC[C@H]2C(=O)O[C@H]([C@H](C)C[C@@H]2CC[C@@H](OC(=O)NCc3cnc(N4CCN(C)CC4)nc3)[C@H](OC)C2)CC(=O)[C@H](C)/C=C(\C)[C@@H](O)[C@@H](O)C(=O)C(C)C[C@H](C)/C=C/C=CC=C1C. The lowest BCUT2D eigenvalue weighted by atomic mass is 9.78. The molecule has 4 N–H and O–H groups in total. The van der Waals surface area contributed by atoms with Gasteiger partial charge >= 0.3 is 12.1 Å². The van der Waals surface area contributed by atoms with E-state index >= 15 is 0 Å². The van der Waals surface area contributed by atoms with Gasteiger partial charge in [-0.25, -0.2) is 19.6 Å². The van der Waals surface area contributed by atoms with Crippen molar-refractivity contribution in [2.24, 2.45) is 35.5 Å². The van der Waals surface area contributed by atoms with E-state index in [-0.39, 0.29) is 55.5 Å². The molecule has 1 unspecified atom stereocenters. The Morgan fingerprint density at radius 3 is 2.25 bits per heavy atom. The molecule has 81 heavy (non-hydrogen) atoms. The Morgan fingerprint density at radius 2 is 1.56 bits per heavy atom. The van der Waals surface area contributed by atoms with E-state index in [0.29, 0.717) is 63.7 Å². The number of alkyl carbamates (subject to hydrolysis) is 1. The quantitative estimate of drug-likeness (QED) is 0.126. The third-order valence-corrected chi connectivity index (χ3v) is 17.4. The normalized spacial score (nSPS) is 35.0. The molecule has 1 aromatic heterocycles. The van der Waals surface area contributed by atoms with Crippen LogP contribution in [-0.4, -0.2) is 179 Å². The number of methoxy groups -OCH3 is 2. The molecule has 0 radical (unpaired) electrons. The molecule has 4 aliphatic heterocycles. The molecular weight excluding hydrogens is 1040 g/mol. The van der Waals surface area contributed by atoms with E-state index in [2.05, 4.69) is 32.1 Å². The summed E-state index contributed by atoms with van der Waals surface area (Å²) < 4.78 is 30.2. The summed E-state index contributed by atoms with van der Waals surface area (Å²) in [7, 11) is 5.21. The number of likely N-dealkylation sites (N-methyl/N-ethyl adjacent to an activating group) is 1. The van der Waals surface area contributed by atoms with E-state index in [1.54, 1.807) is 54.3 Å². The van der Waals surface area contributed by atoms with E-state index in [0.717, 1.165) is 37.3 Å². The van der Waals surface area contributed by atoms with Gasteiger partial charge in [-0.1, -0.05) is 71.1 Å². The molecule has 3 saturated heterocycles. The zero-order valence-electron chi connectivity index (χ0n) is 49.5.